The molecule has 1 fully saturated rings. The standard InChI is InChI=1S/C21H24FN3O2/c1-15(26)24-21(19-10-4-5-11-23-19)17-8-6-12-25(14-17)20(27)13-16-7-2-3-9-18(16)22/h2-5,7,9-11,17,21H,6,8,12-14H2,1H3,(H,24,26)/t17-,21-/m1/s1. The van der Waals surface area contributed by atoms with E-state index in [4.69, 9.17) is 0 Å². The van der Waals surface area contributed by atoms with Gasteiger partial charge in [-0.05, 0) is 36.6 Å². The van der Waals surface area contributed by atoms with Crippen molar-refractivity contribution in [3.63, 3.8) is 0 Å². The van der Waals surface area contributed by atoms with E-state index in [0.29, 0.717) is 18.7 Å². The number of pyridine rings is 1. The maximum atomic E-state index is 13.9. The van der Waals surface area contributed by atoms with Crippen molar-refractivity contribution >= 4 is 11.8 Å². The van der Waals surface area contributed by atoms with Crippen LogP contribution >= 0.6 is 0 Å². The van der Waals surface area contributed by atoms with E-state index in [0.717, 1.165) is 18.5 Å². The number of aromatic nitrogens is 1. The SMILES string of the molecule is CC(=O)N[C@@H](c1ccccn1)[C@@H]1CCCN(C(=O)Cc2ccccc2F)C1. The van der Waals surface area contributed by atoms with E-state index in [1.807, 2.05) is 18.2 Å². The fourth-order valence-electron chi connectivity index (χ4n) is 3.64. The average Bonchev–Trinajstić information content (AvgIpc) is 2.68. The summed E-state index contributed by atoms with van der Waals surface area (Å²) in [6.45, 7) is 2.66. The predicted octanol–water partition coefficient (Wildman–Crippen LogP) is 2.88. The smallest absolute Gasteiger partial charge is 0.227 e. The number of rotatable bonds is 5. The van der Waals surface area contributed by atoms with Crippen LogP contribution in [0, 0.1) is 11.7 Å². The highest BCUT2D eigenvalue weighted by Crippen LogP contribution is 2.29. The molecule has 0 saturated carbocycles. The van der Waals surface area contributed by atoms with Crippen LogP contribution < -0.4 is 5.32 Å². The minimum atomic E-state index is -0.357. The lowest BCUT2D eigenvalue weighted by Gasteiger charge is -2.37. The summed E-state index contributed by atoms with van der Waals surface area (Å²) in [5, 5.41) is 2.98. The first-order chi connectivity index (χ1) is 13.0. The number of piperidine rings is 1. The molecule has 2 amide bonds. The number of carbonyl (C=O) groups excluding carboxylic acids is 2. The quantitative estimate of drug-likeness (QED) is 0.882. The molecule has 0 aliphatic carbocycles. The molecule has 3 rings (SSSR count). The Hall–Kier alpha value is -2.76. The number of nitrogens with zero attached hydrogens (tertiary/aromatic N) is 2. The normalized spacial score (nSPS) is 18.0. The van der Waals surface area contributed by atoms with Gasteiger partial charge in [-0.15, -0.1) is 0 Å². The maximum absolute atomic E-state index is 13.9. The molecule has 1 N–H and O–H groups in total. The third-order valence-electron chi connectivity index (χ3n) is 4.95. The van der Waals surface area contributed by atoms with Crippen molar-refractivity contribution in [3.05, 3.63) is 65.7 Å². The number of benzene rings is 1. The van der Waals surface area contributed by atoms with Gasteiger partial charge in [-0.1, -0.05) is 24.3 Å². The predicted molar refractivity (Wildman–Crippen MR) is 100 cm³/mol. The summed E-state index contributed by atoms with van der Waals surface area (Å²) in [4.78, 5) is 30.6. The third-order valence-corrected chi connectivity index (χ3v) is 4.95. The molecule has 0 bridgehead atoms. The van der Waals surface area contributed by atoms with Gasteiger partial charge in [0.2, 0.25) is 11.8 Å². The molecule has 5 nitrogen and oxygen atoms in total. The Labute approximate surface area is 158 Å². The van der Waals surface area contributed by atoms with Crippen LogP contribution in [0.4, 0.5) is 4.39 Å². The van der Waals surface area contributed by atoms with Crippen LogP contribution in [0.2, 0.25) is 0 Å². The number of halogens is 1. The number of likely N-dealkylation sites (tertiary alicyclic amines) is 1. The van der Waals surface area contributed by atoms with Gasteiger partial charge in [0.1, 0.15) is 5.82 Å². The molecule has 27 heavy (non-hydrogen) atoms. The second kappa shape index (κ2) is 8.75. The van der Waals surface area contributed by atoms with E-state index in [1.54, 1.807) is 29.3 Å². The first-order valence-corrected chi connectivity index (χ1v) is 9.24. The minimum absolute atomic E-state index is 0.0494. The van der Waals surface area contributed by atoms with E-state index in [-0.39, 0.29) is 36.0 Å². The van der Waals surface area contributed by atoms with Crippen LogP contribution in [-0.4, -0.2) is 34.8 Å². The first-order valence-electron chi connectivity index (χ1n) is 9.24. The topological polar surface area (TPSA) is 62.3 Å². The average molecular weight is 369 g/mol. The molecule has 1 aliphatic rings. The molecule has 2 heterocycles. The summed E-state index contributed by atoms with van der Waals surface area (Å²) in [6, 6.07) is 11.7. The van der Waals surface area contributed by atoms with Gasteiger partial charge < -0.3 is 10.2 Å². The first kappa shape index (κ1) is 19.0. The summed E-state index contributed by atoms with van der Waals surface area (Å²) < 4.78 is 13.9. The van der Waals surface area contributed by atoms with E-state index >= 15 is 0 Å². The molecule has 1 aromatic carbocycles. The molecule has 1 saturated heterocycles. The van der Waals surface area contributed by atoms with Gasteiger partial charge in [0.25, 0.3) is 0 Å². The van der Waals surface area contributed by atoms with Gasteiger partial charge in [-0.25, -0.2) is 4.39 Å². The summed E-state index contributed by atoms with van der Waals surface area (Å²) in [7, 11) is 0. The lowest BCUT2D eigenvalue weighted by Crippen LogP contribution is -2.45. The van der Waals surface area contributed by atoms with Crippen molar-refractivity contribution in [2.24, 2.45) is 5.92 Å². The van der Waals surface area contributed by atoms with Crippen molar-refractivity contribution in [3.8, 4) is 0 Å². The monoisotopic (exact) mass is 369 g/mol. The Morgan fingerprint density at radius 2 is 2.04 bits per heavy atom. The maximum Gasteiger partial charge on any atom is 0.227 e. The Morgan fingerprint density at radius 1 is 1.26 bits per heavy atom. The van der Waals surface area contributed by atoms with Crippen molar-refractivity contribution < 1.29 is 14.0 Å². The zero-order valence-electron chi connectivity index (χ0n) is 15.4. The molecule has 0 radical (unpaired) electrons. The summed E-state index contributed by atoms with van der Waals surface area (Å²) in [5.74, 6) is -0.501. The van der Waals surface area contributed by atoms with E-state index < -0.39 is 0 Å². The Bertz CT molecular complexity index is 797. The fourth-order valence-corrected chi connectivity index (χ4v) is 3.64. The van der Waals surface area contributed by atoms with Crippen molar-refractivity contribution in [1.29, 1.82) is 0 Å². The zero-order valence-corrected chi connectivity index (χ0v) is 15.4. The lowest BCUT2D eigenvalue weighted by molar-refractivity contribution is -0.132. The van der Waals surface area contributed by atoms with Gasteiger partial charge in [0.05, 0.1) is 18.2 Å². The van der Waals surface area contributed by atoms with Crippen molar-refractivity contribution in [2.45, 2.75) is 32.2 Å². The van der Waals surface area contributed by atoms with Crippen LogP contribution in [0.1, 0.15) is 37.1 Å². The van der Waals surface area contributed by atoms with Crippen LogP contribution in [0.5, 0.6) is 0 Å². The number of carbonyl (C=O) groups is 2. The molecule has 0 unspecified atom stereocenters. The Kier molecular flexibility index (Phi) is 6.16. The highest BCUT2D eigenvalue weighted by Gasteiger charge is 2.31. The Balaban J connectivity index is 1.72. The second-order valence-corrected chi connectivity index (χ2v) is 6.94. The number of hydrogen-bond acceptors (Lipinski definition) is 3. The highest BCUT2D eigenvalue weighted by molar-refractivity contribution is 5.79. The highest BCUT2D eigenvalue weighted by atomic mass is 19.1. The van der Waals surface area contributed by atoms with Gasteiger partial charge >= 0.3 is 0 Å². The van der Waals surface area contributed by atoms with Crippen LogP contribution in [0.25, 0.3) is 0 Å². The van der Waals surface area contributed by atoms with Crippen LogP contribution in [-0.2, 0) is 16.0 Å². The van der Waals surface area contributed by atoms with Crippen LogP contribution in [0.3, 0.4) is 0 Å². The van der Waals surface area contributed by atoms with Crippen molar-refractivity contribution in [2.75, 3.05) is 13.1 Å². The van der Waals surface area contributed by atoms with Gasteiger partial charge in [-0.3, -0.25) is 14.6 Å². The number of nitrogens with one attached hydrogen (secondary N) is 1. The summed E-state index contributed by atoms with van der Waals surface area (Å²) in [6.07, 6.45) is 3.49. The van der Waals surface area contributed by atoms with Gasteiger partial charge in [-0.2, -0.15) is 0 Å². The molecule has 2 aromatic rings. The molecular weight excluding hydrogens is 345 g/mol. The minimum Gasteiger partial charge on any atom is -0.348 e. The van der Waals surface area contributed by atoms with E-state index in [1.165, 1.54) is 13.0 Å². The molecule has 142 valence electrons. The molecule has 0 spiro atoms. The number of amides is 2. The summed E-state index contributed by atoms with van der Waals surface area (Å²) in [5.41, 5.74) is 1.20. The lowest BCUT2D eigenvalue weighted by atomic mass is 9.88. The van der Waals surface area contributed by atoms with Gasteiger partial charge in [0.15, 0.2) is 0 Å². The number of hydrogen-bond donors (Lipinski definition) is 1. The van der Waals surface area contributed by atoms with Crippen LogP contribution in [0.15, 0.2) is 48.7 Å². The molecule has 6 heteroatoms. The molecule has 1 aromatic heterocycles. The summed E-state index contributed by atoms with van der Waals surface area (Å²) >= 11 is 0. The van der Waals surface area contributed by atoms with E-state index in [9.17, 15) is 14.0 Å². The van der Waals surface area contributed by atoms with Gasteiger partial charge in [0, 0.05) is 32.1 Å². The fraction of sp³-hybridized carbons (Fsp3) is 0.381. The second-order valence-electron chi connectivity index (χ2n) is 6.94. The molecule has 2 atom stereocenters. The van der Waals surface area contributed by atoms with E-state index in [2.05, 4.69) is 10.3 Å². The van der Waals surface area contributed by atoms with Crippen molar-refractivity contribution in [1.82, 2.24) is 15.2 Å². The molecular formula is C21H24FN3O2. The molecule has 1 aliphatic heterocycles. The Morgan fingerprint density at radius 3 is 2.74 bits per heavy atom. The zero-order chi connectivity index (χ0) is 19.2. The largest absolute Gasteiger partial charge is 0.348 e. The third kappa shape index (κ3) is 4.90.